The maximum atomic E-state index is 12.1. The lowest BCUT2D eigenvalue weighted by Gasteiger charge is -2.04. The Morgan fingerprint density at radius 1 is 1.35 bits per heavy atom. The number of halogens is 2. The summed E-state index contributed by atoms with van der Waals surface area (Å²) < 4.78 is 28.6. The largest absolute Gasteiger partial charge is 0.435 e. The van der Waals surface area contributed by atoms with Crippen molar-refractivity contribution in [3.8, 4) is 5.75 Å². The van der Waals surface area contributed by atoms with Crippen LogP contribution in [0.1, 0.15) is 25.3 Å². The minimum absolute atomic E-state index is 0.213. The Morgan fingerprint density at radius 3 is 2.88 bits per heavy atom. The molecule has 0 aliphatic rings. The number of alkyl halides is 2. The summed E-state index contributed by atoms with van der Waals surface area (Å²) in [6, 6.07) is 4.99. The van der Waals surface area contributed by atoms with E-state index in [1.165, 1.54) is 0 Å². The third kappa shape index (κ3) is 2.75. The summed E-state index contributed by atoms with van der Waals surface area (Å²) in [4.78, 5) is 3.13. The van der Waals surface area contributed by atoms with Crippen LogP contribution in [0.25, 0.3) is 10.9 Å². The van der Waals surface area contributed by atoms with E-state index in [4.69, 9.17) is 0 Å². The number of benzene rings is 1. The highest BCUT2D eigenvalue weighted by molar-refractivity contribution is 5.84. The van der Waals surface area contributed by atoms with Gasteiger partial charge in [-0.2, -0.15) is 8.78 Å². The third-order valence-corrected chi connectivity index (χ3v) is 2.76. The van der Waals surface area contributed by atoms with Crippen molar-refractivity contribution >= 4 is 10.9 Å². The van der Waals surface area contributed by atoms with Gasteiger partial charge in [0.05, 0.1) is 0 Å². The van der Waals surface area contributed by atoms with Gasteiger partial charge in [0.2, 0.25) is 0 Å². The van der Waals surface area contributed by atoms with Crippen molar-refractivity contribution in [2.24, 2.45) is 0 Å². The van der Waals surface area contributed by atoms with E-state index in [0.29, 0.717) is 0 Å². The lowest BCUT2D eigenvalue weighted by molar-refractivity contribution is -0.0497. The van der Waals surface area contributed by atoms with Gasteiger partial charge in [-0.25, -0.2) is 0 Å². The SMILES string of the molecule is CCCCc1c[nH]c2ccc(OC(F)F)cc12. The van der Waals surface area contributed by atoms with Gasteiger partial charge in [0, 0.05) is 17.1 Å². The molecule has 4 heteroatoms. The van der Waals surface area contributed by atoms with Crippen molar-refractivity contribution in [1.82, 2.24) is 4.98 Å². The fourth-order valence-electron chi connectivity index (χ4n) is 1.91. The second kappa shape index (κ2) is 5.17. The molecule has 0 amide bonds. The maximum absolute atomic E-state index is 12.1. The van der Waals surface area contributed by atoms with Gasteiger partial charge in [-0.15, -0.1) is 0 Å². The molecule has 0 saturated heterocycles. The first kappa shape index (κ1) is 11.9. The fourth-order valence-corrected chi connectivity index (χ4v) is 1.91. The molecule has 1 heterocycles. The number of hydrogen-bond acceptors (Lipinski definition) is 1. The van der Waals surface area contributed by atoms with Gasteiger partial charge in [0.15, 0.2) is 0 Å². The average Bonchev–Trinajstić information content (AvgIpc) is 2.68. The van der Waals surface area contributed by atoms with E-state index in [-0.39, 0.29) is 5.75 Å². The molecule has 0 radical (unpaired) electrons. The molecule has 0 saturated carbocycles. The number of H-pyrrole nitrogens is 1. The molecule has 0 aliphatic carbocycles. The van der Waals surface area contributed by atoms with Gasteiger partial charge >= 0.3 is 6.61 Å². The quantitative estimate of drug-likeness (QED) is 0.834. The van der Waals surface area contributed by atoms with E-state index in [0.717, 1.165) is 35.7 Å². The minimum atomic E-state index is -2.77. The van der Waals surface area contributed by atoms with Crippen LogP contribution in [0.15, 0.2) is 24.4 Å². The molecular formula is C13H15F2NO. The Kier molecular flexibility index (Phi) is 3.61. The first-order valence-electron chi connectivity index (χ1n) is 5.75. The number of unbranched alkanes of at least 4 members (excludes halogenated alkanes) is 1. The fraction of sp³-hybridized carbons (Fsp3) is 0.385. The molecule has 17 heavy (non-hydrogen) atoms. The number of aromatic amines is 1. The van der Waals surface area contributed by atoms with Crippen LogP contribution in [-0.4, -0.2) is 11.6 Å². The molecule has 0 aliphatic heterocycles. The molecule has 2 nitrogen and oxygen atoms in total. The average molecular weight is 239 g/mol. The highest BCUT2D eigenvalue weighted by Crippen LogP contribution is 2.25. The molecular weight excluding hydrogens is 224 g/mol. The summed E-state index contributed by atoms with van der Waals surface area (Å²) in [7, 11) is 0. The molecule has 2 rings (SSSR count). The summed E-state index contributed by atoms with van der Waals surface area (Å²) in [6.45, 7) is -0.648. The van der Waals surface area contributed by atoms with Crippen LogP contribution in [-0.2, 0) is 6.42 Å². The molecule has 92 valence electrons. The number of rotatable bonds is 5. The van der Waals surface area contributed by atoms with Crippen LogP contribution >= 0.6 is 0 Å². The Bertz CT molecular complexity index is 493. The van der Waals surface area contributed by atoms with Crippen LogP contribution in [0, 0.1) is 0 Å². The Balaban J connectivity index is 2.29. The molecule has 1 aromatic carbocycles. The van der Waals surface area contributed by atoms with Gasteiger partial charge in [-0.3, -0.25) is 0 Å². The van der Waals surface area contributed by atoms with E-state index in [1.807, 2.05) is 6.20 Å². The summed E-state index contributed by atoms with van der Waals surface area (Å²) in [5.74, 6) is 0.213. The zero-order valence-electron chi connectivity index (χ0n) is 9.67. The van der Waals surface area contributed by atoms with Gasteiger partial charge in [-0.1, -0.05) is 13.3 Å². The Hall–Kier alpha value is -1.58. The highest BCUT2D eigenvalue weighted by atomic mass is 19.3. The maximum Gasteiger partial charge on any atom is 0.387 e. The van der Waals surface area contributed by atoms with Crippen molar-refractivity contribution < 1.29 is 13.5 Å². The third-order valence-electron chi connectivity index (χ3n) is 2.76. The first-order valence-corrected chi connectivity index (χ1v) is 5.75. The second-order valence-electron chi connectivity index (χ2n) is 4.00. The van der Waals surface area contributed by atoms with Gasteiger partial charge in [-0.05, 0) is 36.6 Å². The monoisotopic (exact) mass is 239 g/mol. The number of aromatic nitrogens is 1. The second-order valence-corrected chi connectivity index (χ2v) is 4.00. The first-order chi connectivity index (χ1) is 8.20. The summed E-state index contributed by atoms with van der Waals surface area (Å²) in [6.07, 6.45) is 5.09. The van der Waals surface area contributed by atoms with Crippen LogP contribution in [0.5, 0.6) is 5.75 Å². The van der Waals surface area contributed by atoms with Crippen molar-refractivity contribution in [3.63, 3.8) is 0 Å². The van der Waals surface area contributed by atoms with Crippen molar-refractivity contribution in [2.75, 3.05) is 0 Å². The van der Waals surface area contributed by atoms with Crippen molar-refractivity contribution in [2.45, 2.75) is 32.8 Å². The normalized spacial score (nSPS) is 11.3. The molecule has 0 fully saturated rings. The highest BCUT2D eigenvalue weighted by Gasteiger charge is 2.08. The summed E-state index contributed by atoms with van der Waals surface area (Å²) >= 11 is 0. The molecule has 1 aromatic heterocycles. The molecule has 0 spiro atoms. The minimum Gasteiger partial charge on any atom is -0.435 e. The number of ether oxygens (including phenoxy) is 1. The standard InChI is InChI=1S/C13H15F2NO/c1-2-3-4-9-8-16-12-6-5-10(7-11(9)12)17-13(14)15/h5-8,13,16H,2-4H2,1H3. The summed E-state index contributed by atoms with van der Waals surface area (Å²) in [5.41, 5.74) is 2.11. The topological polar surface area (TPSA) is 25.0 Å². The molecule has 0 atom stereocenters. The van der Waals surface area contributed by atoms with Gasteiger partial charge in [0.1, 0.15) is 5.75 Å². The zero-order valence-corrected chi connectivity index (χ0v) is 9.67. The Morgan fingerprint density at radius 2 is 2.18 bits per heavy atom. The molecule has 0 bridgehead atoms. The van der Waals surface area contributed by atoms with Gasteiger partial charge in [0.25, 0.3) is 0 Å². The van der Waals surface area contributed by atoms with E-state index >= 15 is 0 Å². The summed E-state index contributed by atoms with van der Waals surface area (Å²) in [5, 5.41) is 0.969. The molecule has 0 unspecified atom stereocenters. The Labute approximate surface area is 98.6 Å². The van der Waals surface area contributed by atoms with Crippen molar-refractivity contribution in [1.29, 1.82) is 0 Å². The van der Waals surface area contributed by atoms with Crippen LogP contribution in [0.3, 0.4) is 0 Å². The number of fused-ring (bicyclic) bond motifs is 1. The van der Waals surface area contributed by atoms with E-state index in [9.17, 15) is 8.78 Å². The lowest BCUT2D eigenvalue weighted by Crippen LogP contribution is -2.01. The van der Waals surface area contributed by atoms with Crippen LogP contribution in [0.2, 0.25) is 0 Å². The molecule has 2 aromatic rings. The van der Waals surface area contributed by atoms with Crippen molar-refractivity contribution in [3.05, 3.63) is 30.0 Å². The number of aryl methyl sites for hydroxylation is 1. The van der Waals surface area contributed by atoms with Crippen LogP contribution in [0.4, 0.5) is 8.78 Å². The number of hydrogen-bond donors (Lipinski definition) is 1. The smallest absolute Gasteiger partial charge is 0.387 e. The van der Waals surface area contributed by atoms with E-state index < -0.39 is 6.61 Å². The lowest BCUT2D eigenvalue weighted by atomic mass is 10.1. The predicted molar refractivity (Wildman–Crippen MR) is 63.5 cm³/mol. The zero-order chi connectivity index (χ0) is 12.3. The predicted octanol–water partition coefficient (Wildman–Crippen LogP) is 4.11. The van der Waals surface area contributed by atoms with Gasteiger partial charge < -0.3 is 9.72 Å². The molecule has 1 N–H and O–H groups in total. The van der Waals surface area contributed by atoms with E-state index in [1.54, 1.807) is 18.2 Å². The number of nitrogens with one attached hydrogen (secondary N) is 1. The van der Waals surface area contributed by atoms with Crippen LogP contribution < -0.4 is 4.74 Å². The van der Waals surface area contributed by atoms with E-state index in [2.05, 4.69) is 16.6 Å².